The molecule has 1 aliphatic heterocycles. The summed E-state index contributed by atoms with van der Waals surface area (Å²) in [7, 11) is 2.06. The van der Waals surface area contributed by atoms with Gasteiger partial charge in [0.15, 0.2) is 0 Å². The van der Waals surface area contributed by atoms with Crippen molar-refractivity contribution in [3.8, 4) is 0 Å². The summed E-state index contributed by atoms with van der Waals surface area (Å²) in [6.07, 6.45) is 7.44. The minimum absolute atomic E-state index is 0.606. The van der Waals surface area contributed by atoms with E-state index in [1.807, 2.05) is 0 Å². The zero-order valence-electron chi connectivity index (χ0n) is 12.5. The third kappa shape index (κ3) is 4.89. The van der Waals surface area contributed by atoms with Crippen molar-refractivity contribution < 1.29 is 0 Å². The van der Waals surface area contributed by atoms with Crippen molar-refractivity contribution in [3.63, 3.8) is 0 Å². The maximum absolute atomic E-state index is 4.23. The first-order chi connectivity index (χ1) is 8.71. The van der Waals surface area contributed by atoms with E-state index in [1.165, 1.54) is 38.5 Å². The van der Waals surface area contributed by atoms with Gasteiger partial charge in [0, 0.05) is 25.2 Å². The highest BCUT2D eigenvalue weighted by molar-refractivity contribution is 4.96. The molecule has 1 heterocycles. The predicted octanol–water partition coefficient (Wildman–Crippen LogP) is 2.70. The van der Waals surface area contributed by atoms with Gasteiger partial charge in [-0.05, 0) is 32.7 Å². The van der Waals surface area contributed by atoms with Crippen molar-refractivity contribution in [1.29, 1.82) is 0 Å². The summed E-state index contributed by atoms with van der Waals surface area (Å²) in [4.78, 5) is 2.41. The standard InChI is InChI=1S/C15H31N3/c1-5-7-15(8-6-2)17-13(3)18-11-9-14(16-4)10-12-18/h14-17H,3,5-12H2,1-2,4H3. The van der Waals surface area contributed by atoms with Gasteiger partial charge in [0.25, 0.3) is 0 Å². The van der Waals surface area contributed by atoms with Crippen LogP contribution in [0.3, 0.4) is 0 Å². The Labute approximate surface area is 113 Å². The molecular formula is C15H31N3. The molecule has 0 spiro atoms. The number of nitrogens with zero attached hydrogens (tertiary/aromatic N) is 1. The molecule has 18 heavy (non-hydrogen) atoms. The monoisotopic (exact) mass is 253 g/mol. The summed E-state index contributed by atoms with van der Waals surface area (Å²) in [5.41, 5.74) is 0. The first-order valence-corrected chi connectivity index (χ1v) is 7.58. The topological polar surface area (TPSA) is 27.3 Å². The van der Waals surface area contributed by atoms with Crippen molar-refractivity contribution in [2.45, 2.75) is 64.5 Å². The number of rotatable bonds is 8. The smallest absolute Gasteiger partial charge is 0.0940 e. The van der Waals surface area contributed by atoms with Gasteiger partial charge in [0.2, 0.25) is 0 Å². The van der Waals surface area contributed by atoms with Crippen LogP contribution in [0.1, 0.15) is 52.4 Å². The van der Waals surface area contributed by atoms with Gasteiger partial charge >= 0.3 is 0 Å². The fourth-order valence-corrected chi connectivity index (χ4v) is 2.75. The third-order valence-corrected chi connectivity index (χ3v) is 3.93. The van der Waals surface area contributed by atoms with Gasteiger partial charge in [-0.1, -0.05) is 33.3 Å². The molecule has 0 bridgehead atoms. The molecule has 2 N–H and O–H groups in total. The van der Waals surface area contributed by atoms with Gasteiger partial charge in [-0.25, -0.2) is 0 Å². The van der Waals surface area contributed by atoms with Crippen molar-refractivity contribution in [2.24, 2.45) is 0 Å². The number of nitrogens with one attached hydrogen (secondary N) is 2. The second kappa shape index (κ2) is 8.41. The van der Waals surface area contributed by atoms with Crippen LogP contribution in [-0.4, -0.2) is 37.1 Å². The normalized spacial score (nSPS) is 17.2. The third-order valence-electron chi connectivity index (χ3n) is 3.93. The van der Waals surface area contributed by atoms with E-state index >= 15 is 0 Å². The Morgan fingerprint density at radius 3 is 2.22 bits per heavy atom. The Morgan fingerprint density at radius 1 is 1.22 bits per heavy atom. The van der Waals surface area contributed by atoms with Gasteiger partial charge in [0.05, 0.1) is 5.82 Å². The van der Waals surface area contributed by atoms with E-state index in [2.05, 4.69) is 43.0 Å². The van der Waals surface area contributed by atoms with E-state index in [4.69, 9.17) is 0 Å². The zero-order valence-corrected chi connectivity index (χ0v) is 12.5. The van der Waals surface area contributed by atoms with Crippen LogP contribution in [-0.2, 0) is 0 Å². The highest BCUT2D eigenvalue weighted by Crippen LogP contribution is 2.15. The van der Waals surface area contributed by atoms with Crippen LogP contribution in [0.5, 0.6) is 0 Å². The Hall–Kier alpha value is -0.700. The lowest BCUT2D eigenvalue weighted by Crippen LogP contribution is -2.44. The second-order valence-electron chi connectivity index (χ2n) is 5.42. The molecule has 0 aromatic carbocycles. The summed E-state index contributed by atoms with van der Waals surface area (Å²) in [6, 6.07) is 1.30. The van der Waals surface area contributed by atoms with E-state index in [0.717, 1.165) is 18.9 Å². The summed E-state index contributed by atoms with van der Waals surface area (Å²) >= 11 is 0. The number of hydrogen-bond acceptors (Lipinski definition) is 3. The molecular weight excluding hydrogens is 222 g/mol. The number of piperidine rings is 1. The van der Waals surface area contributed by atoms with Crippen molar-refractivity contribution in [2.75, 3.05) is 20.1 Å². The highest BCUT2D eigenvalue weighted by Gasteiger charge is 2.19. The van der Waals surface area contributed by atoms with Crippen LogP contribution in [0.25, 0.3) is 0 Å². The fourth-order valence-electron chi connectivity index (χ4n) is 2.75. The summed E-state index contributed by atoms with van der Waals surface area (Å²) in [6.45, 7) is 11.0. The highest BCUT2D eigenvalue weighted by atomic mass is 15.3. The molecule has 106 valence electrons. The summed E-state index contributed by atoms with van der Waals surface area (Å²) in [5.74, 6) is 1.14. The van der Waals surface area contributed by atoms with E-state index in [-0.39, 0.29) is 0 Å². The lowest BCUT2D eigenvalue weighted by molar-refractivity contribution is 0.227. The predicted molar refractivity (Wildman–Crippen MR) is 79.5 cm³/mol. The van der Waals surface area contributed by atoms with Crippen molar-refractivity contribution in [1.82, 2.24) is 15.5 Å². The molecule has 0 aromatic rings. The Balaban J connectivity index is 2.35. The Kier molecular flexibility index (Phi) is 7.18. The largest absolute Gasteiger partial charge is 0.370 e. The molecule has 0 unspecified atom stereocenters. The SMILES string of the molecule is C=C(NC(CCC)CCC)N1CCC(NC)CC1. The van der Waals surface area contributed by atoms with Crippen molar-refractivity contribution >= 4 is 0 Å². The van der Waals surface area contributed by atoms with E-state index in [0.29, 0.717) is 12.1 Å². The second-order valence-corrected chi connectivity index (χ2v) is 5.42. The van der Waals surface area contributed by atoms with Crippen LogP contribution in [0.2, 0.25) is 0 Å². The molecule has 0 aliphatic carbocycles. The van der Waals surface area contributed by atoms with E-state index in [9.17, 15) is 0 Å². The van der Waals surface area contributed by atoms with Gasteiger partial charge in [-0.15, -0.1) is 0 Å². The Bertz CT molecular complexity index is 226. The van der Waals surface area contributed by atoms with Crippen LogP contribution in [0.15, 0.2) is 12.4 Å². The molecule has 1 saturated heterocycles. The molecule has 3 heteroatoms. The van der Waals surface area contributed by atoms with Gasteiger partial charge in [-0.3, -0.25) is 0 Å². The van der Waals surface area contributed by atoms with E-state index < -0.39 is 0 Å². The molecule has 3 nitrogen and oxygen atoms in total. The Morgan fingerprint density at radius 2 is 1.78 bits per heavy atom. The zero-order chi connectivity index (χ0) is 13.4. The molecule has 1 aliphatic rings. The molecule has 1 fully saturated rings. The molecule has 0 radical (unpaired) electrons. The van der Waals surface area contributed by atoms with Crippen LogP contribution in [0, 0.1) is 0 Å². The lowest BCUT2D eigenvalue weighted by atomic mass is 10.0. The first kappa shape index (κ1) is 15.4. The molecule has 0 atom stereocenters. The molecule has 0 saturated carbocycles. The maximum Gasteiger partial charge on any atom is 0.0940 e. The van der Waals surface area contributed by atoms with Gasteiger partial charge in [0.1, 0.15) is 0 Å². The van der Waals surface area contributed by atoms with Gasteiger partial charge in [-0.2, -0.15) is 0 Å². The molecule has 1 rings (SSSR count). The average Bonchev–Trinajstić information content (AvgIpc) is 2.39. The van der Waals surface area contributed by atoms with Crippen LogP contribution in [0.4, 0.5) is 0 Å². The fraction of sp³-hybridized carbons (Fsp3) is 0.867. The number of likely N-dealkylation sites (tertiary alicyclic amines) is 1. The van der Waals surface area contributed by atoms with Crippen molar-refractivity contribution in [3.05, 3.63) is 12.4 Å². The minimum Gasteiger partial charge on any atom is -0.370 e. The minimum atomic E-state index is 0.606. The quantitative estimate of drug-likeness (QED) is 0.696. The molecule has 0 aromatic heterocycles. The average molecular weight is 253 g/mol. The summed E-state index contributed by atoms with van der Waals surface area (Å²) in [5, 5.41) is 7.00. The summed E-state index contributed by atoms with van der Waals surface area (Å²) < 4.78 is 0. The van der Waals surface area contributed by atoms with E-state index in [1.54, 1.807) is 0 Å². The molecule has 0 amide bonds. The van der Waals surface area contributed by atoms with Crippen LogP contribution >= 0.6 is 0 Å². The van der Waals surface area contributed by atoms with Gasteiger partial charge < -0.3 is 15.5 Å². The lowest BCUT2D eigenvalue weighted by Gasteiger charge is -2.36. The number of hydrogen-bond donors (Lipinski definition) is 2. The maximum atomic E-state index is 4.23. The first-order valence-electron chi connectivity index (χ1n) is 7.58. The van der Waals surface area contributed by atoms with Crippen LogP contribution < -0.4 is 10.6 Å².